The van der Waals surface area contributed by atoms with E-state index < -0.39 is 35.5 Å². The minimum atomic E-state index is -2.59. The minimum Gasteiger partial charge on any atom is -0.388 e. The van der Waals surface area contributed by atoms with Gasteiger partial charge in [-0.05, 0) is 6.92 Å². The summed E-state index contributed by atoms with van der Waals surface area (Å²) in [6, 6.07) is 0. The van der Waals surface area contributed by atoms with Crippen molar-refractivity contribution in [3.8, 4) is 0 Å². The summed E-state index contributed by atoms with van der Waals surface area (Å²) in [7, 11) is 0. The first-order chi connectivity index (χ1) is 7.24. The summed E-state index contributed by atoms with van der Waals surface area (Å²) in [4.78, 5) is 23.4. The van der Waals surface area contributed by atoms with Gasteiger partial charge in [-0.2, -0.15) is 4.39 Å². The number of halogens is 1. The molecule has 90 valence electrons. The van der Waals surface area contributed by atoms with Crippen molar-refractivity contribution >= 4 is 0 Å². The zero-order chi connectivity index (χ0) is 12.5. The molecule has 4 N–H and O–H groups in total. The standard InChI is InChI=1S/C8H11FN2O5/c1-4(12)8(15,16)3-11-2-5(9)6(13)10-7(11)14/h2,4,12,15-16H,3H2,1H3,(H,10,13,14). The molecule has 8 heteroatoms. The van der Waals surface area contributed by atoms with Crippen molar-refractivity contribution in [3.05, 3.63) is 32.9 Å². The molecule has 0 aliphatic heterocycles. The molecule has 0 amide bonds. The van der Waals surface area contributed by atoms with E-state index in [0.29, 0.717) is 10.8 Å². The van der Waals surface area contributed by atoms with Gasteiger partial charge in [0.2, 0.25) is 11.6 Å². The number of hydrogen-bond acceptors (Lipinski definition) is 5. The number of H-pyrrole nitrogens is 1. The maximum atomic E-state index is 12.8. The molecule has 1 atom stereocenters. The van der Waals surface area contributed by atoms with Crippen molar-refractivity contribution in [3.63, 3.8) is 0 Å². The SMILES string of the molecule is CC(O)C(O)(O)Cn1cc(F)c(=O)[nH]c1=O. The van der Waals surface area contributed by atoms with Gasteiger partial charge in [0.05, 0.1) is 12.7 Å². The predicted octanol–water partition coefficient (Wildman–Crippen LogP) is -2.26. The molecule has 7 nitrogen and oxygen atoms in total. The van der Waals surface area contributed by atoms with Crippen LogP contribution in [0.5, 0.6) is 0 Å². The number of rotatable bonds is 3. The monoisotopic (exact) mass is 234 g/mol. The van der Waals surface area contributed by atoms with Gasteiger partial charge in [0, 0.05) is 0 Å². The lowest BCUT2D eigenvalue weighted by Gasteiger charge is -2.25. The summed E-state index contributed by atoms with van der Waals surface area (Å²) < 4.78 is 13.4. The highest BCUT2D eigenvalue weighted by Crippen LogP contribution is 2.08. The lowest BCUT2D eigenvalue weighted by atomic mass is 10.1. The van der Waals surface area contributed by atoms with Crippen LogP contribution in [0.2, 0.25) is 0 Å². The molecule has 0 aromatic carbocycles. The van der Waals surface area contributed by atoms with Crippen molar-refractivity contribution in [2.45, 2.75) is 25.4 Å². The lowest BCUT2D eigenvalue weighted by molar-refractivity contribution is -0.228. The molecule has 0 spiro atoms. The molecule has 0 aliphatic rings. The van der Waals surface area contributed by atoms with Crippen LogP contribution in [0.1, 0.15) is 6.92 Å². The Bertz CT molecular complexity index is 490. The van der Waals surface area contributed by atoms with Gasteiger partial charge < -0.3 is 15.3 Å². The maximum Gasteiger partial charge on any atom is 0.328 e. The van der Waals surface area contributed by atoms with Crippen molar-refractivity contribution < 1.29 is 19.7 Å². The topological polar surface area (TPSA) is 116 Å². The molecule has 0 saturated carbocycles. The van der Waals surface area contributed by atoms with E-state index in [1.165, 1.54) is 0 Å². The number of nitrogens with one attached hydrogen (secondary N) is 1. The number of hydrogen-bond donors (Lipinski definition) is 4. The largest absolute Gasteiger partial charge is 0.388 e. The van der Waals surface area contributed by atoms with Crippen LogP contribution in [0.25, 0.3) is 0 Å². The summed E-state index contributed by atoms with van der Waals surface area (Å²) >= 11 is 0. The fourth-order valence-electron chi connectivity index (χ4n) is 0.983. The van der Waals surface area contributed by atoms with Gasteiger partial charge in [-0.3, -0.25) is 14.3 Å². The van der Waals surface area contributed by atoms with E-state index in [2.05, 4.69) is 0 Å². The van der Waals surface area contributed by atoms with Crippen molar-refractivity contribution in [2.75, 3.05) is 0 Å². The van der Waals surface area contributed by atoms with Crippen molar-refractivity contribution in [2.24, 2.45) is 0 Å². The molecule has 0 saturated heterocycles. The highest BCUT2D eigenvalue weighted by atomic mass is 19.1. The number of aromatic amines is 1. The van der Waals surface area contributed by atoms with Crippen LogP contribution in [-0.4, -0.2) is 36.8 Å². The molecule has 1 heterocycles. The van der Waals surface area contributed by atoms with Crippen LogP contribution >= 0.6 is 0 Å². The summed E-state index contributed by atoms with van der Waals surface area (Å²) in [5.74, 6) is -3.82. The average Bonchev–Trinajstić information content (AvgIpc) is 2.13. The Hall–Kier alpha value is -1.51. The fraction of sp³-hybridized carbons (Fsp3) is 0.500. The first kappa shape index (κ1) is 12.6. The van der Waals surface area contributed by atoms with E-state index in [9.17, 15) is 24.2 Å². The van der Waals surface area contributed by atoms with Gasteiger partial charge in [0.15, 0.2) is 0 Å². The molecule has 1 aromatic rings. The Morgan fingerprint density at radius 2 is 2.12 bits per heavy atom. The van der Waals surface area contributed by atoms with Crippen LogP contribution in [0.15, 0.2) is 15.8 Å². The molecule has 0 aliphatic carbocycles. The molecule has 1 aromatic heterocycles. The normalized spacial score (nSPS) is 13.8. The fourth-order valence-corrected chi connectivity index (χ4v) is 0.983. The van der Waals surface area contributed by atoms with Gasteiger partial charge in [-0.1, -0.05) is 0 Å². The van der Waals surface area contributed by atoms with Crippen molar-refractivity contribution in [1.29, 1.82) is 0 Å². The first-order valence-electron chi connectivity index (χ1n) is 4.36. The quantitative estimate of drug-likeness (QED) is 0.440. The second-order valence-corrected chi connectivity index (χ2v) is 3.42. The van der Waals surface area contributed by atoms with E-state index in [-0.39, 0.29) is 0 Å². The van der Waals surface area contributed by atoms with Crippen LogP contribution in [0.4, 0.5) is 4.39 Å². The van der Waals surface area contributed by atoms with Crippen LogP contribution in [0, 0.1) is 5.82 Å². The lowest BCUT2D eigenvalue weighted by Crippen LogP contribution is -2.47. The zero-order valence-corrected chi connectivity index (χ0v) is 8.35. The Kier molecular flexibility index (Phi) is 3.27. The Morgan fingerprint density at radius 3 is 2.62 bits per heavy atom. The van der Waals surface area contributed by atoms with E-state index in [0.717, 1.165) is 6.92 Å². The van der Waals surface area contributed by atoms with Gasteiger partial charge in [0.1, 0.15) is 6.10 Å². The van der Waals surface area contributed by atoms with E-state index in [1.54, 1.807) is 4.98 Å². The van der Waals surface area contributed by atoms with Crippen LogP contribution < -0.4 is 11.2 Å². The van der Waals surface area contributed by atoms with Crippen LogP contribution in [0.3, 0.4) is 0 Å². The third kappa shape index (κ3) is 2.54. The molecule has 0 fully saturated rings. The summed E-state index contributed by atoms with van der Waals surface area (Å²) in [5.41, 5.74) is -2.20. The summed E-state index contributed by atoms with van der Waals surface area (Å²) in [5, 5.41) is 27.5. The van der Waals surface area contributed by atoms with E-state index in [1.807, 2.05) is 0 Å². The second kappa shape index (κ2) is 4.16. The second-order valence-electron chi connectivity index (χ2n) is 3.42. The summed E-state index contributed by atoms with van der Waals surface area (Å²) in [6.07, 6.45) is -1.01. The van der Waals surface area contributed by atoms with E-state index >= 15 is 0 Å². The molecule has 0 bridgehead atoms. The Labute approximate surface area is 88.4 Å². The van der Waals surface area contributed by atoms with Gasteiger partial charge in [-0.25, -0.2) is 4.79 Å². The third-order valence-corrected chi connectivity index (χ3v) is 2.04. The average molecular weight is 234 g/mol. The molecular formula is C8H11FN2O5. The highest BCUT2D eigenvalue weighted by Gasteiger charge is 2.30. The van der Waals surface area contributed by atoms with Gasteiger partial charge in [0.25, 0.3) is 5.56 Å². The third-order valence-electron chi connectivity index (χ3n) is 2.04. The first-order valence-corrected chi connectivity index (χ1v) is 4.36. The van der Waals surface area contributed by atoms with Gasteiger partial charge >= 0.3 is 5.69 Å². The van der Waals surface area contributed by atoms with Gasteiger partial charge in [-0.15, -0.1) is 0 Å². The molecule has 16 heavy (non-hydrogen) atoms. The minimum absolute atomic E-state index is 0.532. The molecular weight excluding hydrogens is 223 g/mol. The van der Waals surface area contributed by atoms with Crippen molar-refractivity contribution in [1.82, 2.24) is 9.55 Å². The smallest absolute Gasteiger partial charge is 0.328 e. The Morgan fingerprint density at radius 1 is 1.56 bits per heavy atom. The van der Waals surface area contributed by atoms with E-state index in [4.69, 9.17) is 5.11 Å². The summed E-state index contributed by atoms with van der Waals surface area (Å²) in [6.45, 7) is 0.324. The number of nitrogens with zero attached hydrogens (tertiary/aromatic N) is 1. The highest BCUT2D eigenvalue weighted by molar-refractivity contribution is 4.88. The number of aliphatic hydroxyl groups is 3. The van der Waals surface area contributed by atoms with Crippen LogP contribution in [-0.2, 0) is 6.54 Å². The zero-order valence-electron chi connectivity index (χ0n) is 8.35. The molecule has 0 radical (unpaired) electrons. The maximum absolute atomic E-state index is 12.8. The Balaban J connectivity index is 3.12. The molecule has 1 unspecified atom stereocenters. The number of aliphatic hydroxyl groups excluding tert-OH is 1. The molecule has 1 rings (SSSR count). The predicted molar refractivity (Wildman–Crippen MR) is 50.1 cm³/mol. The number of aromatic nitrogens is 2.